The Hall–Kier alpha value is -0.500. The summed E-state index contributed by atoms with van der Waals surface area (Å²) in [5.41, 5.74) is 1.81. The van der Waals surface area contributed by atoms with Gasteiger partial charge in [0.2, 0.25) is 0 Å². The Morgan fingerprint density at radius 1 is 1.27 bits per heavy atom. The van der Waals surface area contributed by atoms with Crippen molar-refractivity contribution < 1.29 is 5.11 Å². The van der Waals surface area contributed by atoms with Gasteiger partial charge in [0.05, 0.1) is 0 Å². The van der Waals surface area contributed by atoms with Crippen molar-refractivity contribution in [3.8, 4) is 0 Å². The van der Waals surface area contributed by atoms with Crippen molar-refractivity contribution in [3.63, 3.8) is 0 Å². The third-order valence-electron chi connectivity index (χ3n) is 2.68. The monoisotopic (exact) mass is 242 g/mol. The molecular formula is C12H12Cl2O. The van der Waals surface area contributed by atoms with E-state index in [-0.39, 0.29) is 0 Å². The van der Waals surface area contributed by atoms with Crippen LogP contribution in [0.5, 0.6) is 0 Å². The lowest BCUT2D eigenvalue weighted by Gasteiger charge is -2.14. The SMILES string of the molecule is OC(C1=CCCC1)c1ccc(Cl)cc1Cl. The van der Waals surface area contributed by atoms with E-state index in [0.29, 0.717) is 10.0 Å². The number of aliphatic hydroxyl groups excluding tert-OH is 1. The van der Waals surface area contributed by atoms with Crippen molar-refractivity contribution in [3.05, 3.63) is 45.5 Å². The molecule has 0 saturated heterocycles. The summed E-state index contributed by atoms with van der Waals surface area (Å²) in [5.74, 6) is 0. The van der Waals surface area contributed by atoms with E-state index in [0.717, 1.165) is 30.4 Å². The summed E-state index contributed by atoms with van der Waals surface area (Å²) in [5, 5.41) is 11.2. The van der Waals surface area contributed by atoms with E-state index in [2.05, 4.69) is 6.08 Å². The second kappa shape index (κ2) is 4.56. The molecule has 0 spiro atoms. The molecule has 1 unspecified atom stereocenters. The van der Waals surface area contributed by atoms with Crippen molar-refractivity contribution >= 4 is 23.2 Å². The van der Waals surface area contributed by atoms with Crippen LogP contribution in [0.25, 0.3) is 0 Å². The number of rotatable bonds is 2. The van der Waals surface area contributed by atoms with Crippen LogP contribution in [-0.4, -0.2) is 5.11 Å². The lowest BCUT2D eigenvalue weighted by atomic mass is 10.0. The molecule has 80 valence electrons. The Morgan fingerprint density at radius 2 is 2.07 bits per heavy atom. The van der Waals surface area contributed by atoms with E-state index in [1.165, 1.54) is 0 Å². The molecule has 1 aromatic rings. The number of aliphatic hydroxyl groups is 1. The molecule has 0 radical (unpaired) electrons. The molecule has 1 N–H and O–H groups in total. The Kier molecular flexibility index (Phi) is 3.35. The van der Waals surface area contributed by atoms with Gasteiger partial charge in [0.1, 0.15) is 6.10 Å². The molecule has 0 fully saturated rings. The van der Waals surface area contributed by atoms with Gasteiger partial charge in [-0.05, 0) is 37.0 Å². The van der Waals surface area contributed by atoms with Gasteiger partial charge in [-0.25, -0.2) is 0 Å². The van der Waals surface area contributed by atoms with Crippen molar-refractivity contribution in [1.82, 2.24) is 0 Å². The molecule has 1 aromatic carbocycles. The molecule has 1 aliphatic rings. The van der Waals surface area contributed by atoms with Crippen molar-refractivity contribution in [1.29, 1.82) is 0 Å². The largest absolute Gasteiger partial charge is 0.384 e. The van der Waals surface area contributed by atoms with Crippen molar-refractivity contribution in [2.45, 2.75) is 25.4 Å². The van der Waals surface area contributed by atoms with Gasteiger partial charge in [0.25, 0.3) is 0 Å². The zero-order valence-electron chi connectivity index (χ0n) is 8.21. The first-order chi connectivity index (χ1) is 7.18. The van der Waals surface area contributed by atoms with Gasteiger partial charge in [-0.3, -0.25) is 0 Å². The molecule has 3 heteroatoms. The molecule has 1 nitrogen and oxygen atoms in total. The van der Waals surface area contributed by atoms with Crippen LogP contribution in [0.3, 0.4) is 0 Å². The predicted molar refractivity (Wildman–Crippen MR) is 63.4 cm³/mol. The first-order valence-corrected chi connectivity index (χ1v) is 5.76. The topological polar surface area (TPSA) is 20.2 Å². The fourth-order valence-electron chi connectivity index (χ4n) is 1.87. The van der Waals surface area contributed by atoms with E-state index in [9.17, 15) is 5.11 Å². The van der Waals surface area contributed by atoms with Gasteiger partial charge in [0, 0.05) is 15.6 Å². The number of allylic oxidation sites excluding steroid dienone is 1. The maximum atomic E-state index is 10.1. The fourth-order valence-corrected chi connectivity index (χ4v) is 2.38. The second-order valence-electron chi connectivity index (χ2n) is 3.74. The third kappa shape index (κ3) is 2.36. The molecule has 0 amide bonds. The average Bonchev–Trinajstić information content (AvgIpc) is 2.69. The Morgan fingerprint density at radius 3 is 2.67 bits per heavy atom. The number of hydrogen-bond donors (Lipinski definition) is 1. The molecule has 0 aliphatic heterocycles. The molecule has 1 aliphatic carbocycles. The van der Waals surface area contributed by atoms with Crippen LogP contribution in [0.1, 0.15) is 30.9 Å². The van der Waals surface area contributed by atoms with Gasteiger partial charge in [-0.15, -0.1) is 0 Å². The number of hydrogen-bond acceptors (Lipinski definition) is 1. The van der Waals surface area contributed by atoms with Crippen molar-refractivity contribution in [2.75, 3.05) is 0 Å². The summed E-state index contributed by atoms with van der Waals surface area (Å²) in [6.45, 7) is 0. The van der Waals surface area contributed by atoms with Gasteiger partial charge < -0.3 is 5.11 Å². The summed E-state index contributed by atoms with van der Waals surface area (Å²) >= 11 is 11.8. The fraction of sp³-hybridized carbons (Fsp3) is 0.333. The normalized spacial score (nSPS) is 17.7. The van der Waals surface area contributed by atoms with E-state index < -0.39 is 6.10 Å². The number of halogens is 2. The molecule has 0 bridgehead atoms. The highest BCUT2D eigenvalue weighted by Gasteiger charge is 2.18. The standard InChI is InChI=1S/C12H12Cl2O/c13-9-5-6-10(11(14)7-9)12(15)8-3-1-2-4-8/h3,5-7,12,15H,1-2,4H2. The smallest absolute Gasteiger partial charge is 0.101 e. The van der Waals surface area contributed by atoms with Crippen molar-refractivity contribution in [2.24, 2.45) is 0 Å². The van der Waals surface area contributed by atoms with Crippen LogP contribution in [0.4, 0.5) is 0 Å². The van der Waals surface area contributed by atoms with Crippen LogP contribution >= 0.6 is 23.2 Å². The summed E-state index contributed by atoms with van der Waals surface area (Å²) in [7, 11) is 0. The maximum Gasteiger partial charge on any atom is 0.101 e. The first kappa shape index (κ1) is 11.0. The predicted octanol–water partition coefficient (Wildman–Crippen LogP) is 4.14. The lowest BCUT2D eigenvalue weighted by molar-refractivity contribution is 0.213. The molecule has 0 heterocycles. The van der Waals surface area contributed by atoms with E-state index in [4.69, 9.17) is 23.2 Å². The summed E-state index contributed by atoms with van der Waals surface area (Å²) in [4.78, 5) is 0. The van der Waals surface area contributed by atoms with Gasteiger partial charge >= 0.3 is 0 Å². The Balaban J connectivity index is 2.28. The van der Waals surface area contributed by atoms with Gasteiger partial charge in [-0.1, -0.05) is 35.3 Å². The highest BCUT2D eigenvalue weighted by atomic mass is 35.5. The summed E-state index contributed by atoms with van der Waals surface area (Å²) in [6, 6.07) is 5.20. The summed E-state index contributed by atoms with van der Waals surface area (Å²) in [6.07, 6.45) is 4.66. The number of benzene rings is 1. The van der Waals surface area contributed by atoms with E-state index in [1.807, 2.05) is 0 Å². The Labute approximate surface area is 99.3 Å². The highest BCUT2D eigenvalue weighted by Crippen LogP contribution is 2.34. The van der Waals surface area contributed by atoms with Gasteiger partial charge in [0.15, 0.2) is 0 Å². The maximum absolute atomic E-state index is 10.1. The Bertz CT molecular complexity index is 399. The van der Waals surface area contributed by atoms with Crippen LogP contribution in [0, 0.1) is 0 Å². The van der Waals surface area contributed by atoms with E-state index in [1.54, 1.807) is 18.2 Å². The van der Waals surface area contributed by atoms with Crippen LogP contribution in [0.15, 0.2) is 29.8 Å². The zero-order valence-corrected chi connectivity index (χ0v) is 9.72. The molecule has 15 heavy (non-hydrogen) atoms. The summed E-state index contributed by atoms with van der Waals surface area (Å²) < 4.78 is 0. The quantitative estimate of drug-likeness (QED) is 0.774. The third-order valence-corrected chi connectivity index (χ3v) is 3.25. The molecule has 1 atom stereocenters. The minimum Gasteiger partial charge on any atom is -0.384 e. The minimum absolute atomic E-state index is 0.530. The second-order valence-corrected chi connectivity index (χ2v) is 4.58. The van der Waals surface area contributed by atoms with E-state index >= 15 is 0 Å². The van der Waals surface area contributed by atoms with Crippen LogP contribution < -0.4 is 0 Å². The molecule has 2 rings (SSSR count). The minimum atomic E-state index is -0.572. The molecule has 0 saturated carbocycles. The van der Waals surface area contributed by atoms with Crippen LogP contribution in [-0.2, 0) is 0 Å². The molecular weight excluding hydrogens is 231 g/mol. The highest BCUT2D eigenvalue weighted by molar-refractivity contribution is 6.35. The molecule has 0 aromatic heterocycles. The van der Waals surface area contributed by atoms with Crippen LogP contribution in [0.2, 0.25) is 10.0 Å². The first-order valence-electron chi connectivity index (χ1n) is 5.00. The average molecular weight is 243 g/mol. The zero-order chi connectivity index (χ0) is 10.8. The van der Waals surface area contributed by atoms with Gasteiger partial charge in [-0.2, -0.15) is 0 Å². The lowest BCUT2D eigenvalue weighted by Crippen LogP contribution is -2.00.